The van der Waals surface area contributed by atoms with Gasteiger partial charge in [0.2, 0.25) is 5.75 Å². The molecule has 1 N–H and O–H groups in total. The summed E-state index contributed by atoms with van der Waals surface area (Å²) in [6, 6.07) is 8.37. The third-order valence-electron chi connectivity index (χ3n) is 6.96. The Hall–Kier alpha value is -3.02. The summed E-state index contributed by atoms with van der Waals surface area (Å²) in [5.41, 5.74) is 0.750. The molecule has 1 aliphatic rings. The van der Waals surface area contributed by atoms with E-state index in [1.54, 1.807) is 26.4 Å². The Bertz CT molecular complexity index is 1210. The fourth-order valence-corrected chi connectivity index (χ4v) is 5.45. The summed E-state index contributed by atoms with van der Waals surface area (Å²) in [6.07, 6.45) is 3.30. The molecule has 1 heterocycles. The van der Waals surface area contributed by atoms with Gasteiger partial charge >= 0.3 is 0 Å². The number of benzene rings is 2. The number of hydrogen-bond donors (Lipinski definition) is 1. The second kappa shape index (κ2) is 12.7. The van der Waals surface area contributed by atoms with Crippen LogP contribution in [0.3, 0.4) is 0 Å². The zero-order valence-corrected chi connectivity index (χ0v) is 23.6. The summed E-state index contributed by atoms with van der Waals surface area (Å²) in [5, 5.41) is 3.39. The topological polar surface area (TPSA) is 119 Å². The highest BCUT2D eigenvalue weighted by Gasteiger charge is 2.40. The summed E-state index contributed by atoms with van der Waals surface area (Å²) in [6.45, 7) is 0.598. The highest BCUT2D eigenvalue weighted by Crippen LogP contribution is 2.44. The highest BCUT2D eigenvalue weighted by atomic mass is 32.2. The van der Waals surface area contributed by atoms with Gasteiger partial charge in [-0.15, -0.1) is 0 Å². The van der Waals surface area contributed by atoms with Crippen LogP contribution >= 0.6 is 0 Å². The molecule has 0 bridgehead atoms. The van der Waals surface area contributed by atoms with Crippen molar-refractivity contribution in [3.63, 3.8) is 0 Å². The number of ketones is 1. The van der Waals surface area contributed by atoms with E-state index in [1.165, 1.54) is 21.3 Å². The molecule has 0 aliphatic carbocycles. The standard InChI is InChI=1S/C27H37NO9S/c1-32-21-9-8-19(16-22(21)33-2)27(11-13-37-38(6,30)31)10-7-12-28-20(17-27)25(29)18-14-23(34-3)26(36-5)24(15-18)35-4/h8-9,14-16,20,28H,7,10-13,17H2,1-6H3. The summed E-state index contributed by atoms with van der Waals surface area (Å²) in [7, 11) is 4.00. The molecule has 0 saturated carbocycles. The maximum absolute atomic E-state index is 13.9. The third-order valence-corrected chi connectivity index (χ3v) is 7.55. The van der Waals surface area contributed by atoms with Crippen molar-refractivity contribution >= 4 is 15.9 Å². The minimum Gasteiger partial charge on any atom is -0.493 e. The van der Waals surface area contributed by atoms with Gasteiger partial charge in [-0.3, -0.25) is 8.98 Å². The second-order valence-electron chi connectivity index (χ2n) is 9.22. The van der Waals surface area contributed by atoms with Gasteiger partial charge in [-0.05, 0) is 67.5 Å². The van der Waals surface area contributed by atoms with Gasteiger partial charge < -0.3 is 29.0 Å². The molecule has 1 aliphatic heterocycles. The molecule has 2 atom stereocenters. The monoisotopic (exact) mass is 551 g/mol. The van der Waals surface area contributed by atoms with Crippen molar-refractivity contribution in [1.29, 1.82) is 0 Å². The highest BCUT2D eigenvalue weighted by molar-refractivity contribution is 7.85. The Morgan fingerprint density at radius 2 is 1.55 bits per heavy atom. The predicted octanol–water partition coefficient (Wildman–Crippen LogP) is 3.36. The van der Waals surface area contributed by atoms with E-state index in [9.17, 15) is 13.2 Å². The first-order valence-electron chi connectivity index (χ1n) is 12.3. The van der Waals surface area contributed by atoms with E-state index in [4.69, 9.17) is 27.9 Å². The van der Waals surface area contributed by atoms with Crippen molar-refractivity contribution in [3.8, 4) is 28.7 Å². The van der Waals surface area contributed by atoms with Crippen molar-refractivity contribution in [2.45, 2.75) is 37.1 Å². The number of carbonyl (C=O) groups excluding carboxylic acids is 1. The van der Waals surface area contributed by atoms with Crippen molar-refractivity contribution in [2.24, 2.45) is 0 Å². The molecule has 11 heteroatoms. The van der Waals surface area contributed by atoms with Crippen LogP contribution < -0.4 is 29.0 Å². The summed E-state index contributed by atoms with van der Waals surface area (Å²) in [5.74, 6) is 2.17. The first kappa shape index (κ1) is 29.5. The number of hydrogen-bond acceptors (Lipinski definition) is 10. The molecule has 2 aromatic rings. The fourth-order valence-electron chi connectivity index (χ4n) is 5.07. The number of nitrogens with one attached hydrogen (secondary N) is 1. The van der Waals surface area contributed by atoms with Crippen LogP contribution in [0.4, 0.5) is 0 Å². The minimum absolute atomic E-state index is 0.0156. The van der Waals surface area contributed by atoms with E-state index >= 15 is 0 Å². The molecule has 0 radical (unpaired) electrons. The van der Waals surface area contributed by atoms with Gasteiger partial charge in [0.1, 0.15) is 0 Å². The number of carbonyl (C=O) groups is 1. The molecule has 3 rings (SSSR count). The van der Waals surface area contributed by atoms with Crippen molar-refractivity contribution in [3.05, 3.63) is 41.5 Å². The summed E-state index contributed by atoms with van der Waals surface area (Å²) >= 11 is 0. The molecule has 0 spiro atoms. The second-order valence-corrected chi connectivity index (χ2v) is 10.9. The lowest BCUT2D eigenvalue weighted by atomic mass is 9.70. The lowest BCUT2D eigenvalue weighted by Gasteiger charge is -2.35. The van der Waals surface area contributed by atoms with Gasteiger partial charge in [-0.2, -0.15) is 8.42 Å². The molecule has 38 heavy (non-hydrogen) atoms. The van der Waals surface area contributed by atoms with Crippen molar-refractivity contribution < 1.29 is 41.1 Å². The van der Waals surface area contributed by atoms with Crippen LogP contribution in [0.15, 0.2) is 30.3 Å². The number of ether oxygens (including phenoxy) is 5. The molecule has 2 unspecified atom stereocenters. The van der Waals surface area contributed by atoms with Crippen molar-refractivity contribution in [2.75, 3.05) is 55.0 Å². The average molecular weight is 552 g/mol. The lowest BCUT2D eigenvalue weighted by Crippen LogP contribution is -2.41. The van der Waals surface area contributed by atoms with E-state index in [0.717, 1.165) is 18.2 Å². The van der Waals surface area contributed by atoms with E-state index in [-0.39, 0.29) is 12.4 Å². The Labute approximate surface area is 224 Å². The zero-order chi connectivity index (χ0) is 27.9. The molecule has 2 aromatic carbocycles. The van der Waals surface area contributed by atoms with E-state index < -0.39 is 21.6 Å². The zero-order valence-electron chi connectivity index (χ0n) is 22.8. The van der Waals surface area contributed by atoms with Gasteiger partial charge in [0, 0.05) is 5.56 Å². The average Bonchev–Trinajstić information content (AvgIpc) is 3.14. The van der Waals surface area contributed by atoms with Crippen LogP contribution in [0, 0.1) is 0 Å². The quantitative estimate of drug-likeness (QED) is 0.311. The number of Topliss-reactive ketones (excluding diaryl/α,β-unsaturated/α-hetero) is 1. The smallest absolute Gasteiger partial charge is 0.264 e. The van der Waals surface area contributed by atoms with Gasteiger partial charge in [-0.1, -0.05) is 6.07 Å². The SMILES string of the molecule is COc1ccc(C2(CCOS(C)(=O)=O)CCCNC(C(=O)c3cc(OC)c(OC)c(OC)c3)C2)cc1OC. The number of methoxy groups -OCH3 is 5. The molecule has 10 nitrogen and oxygen atoms in total. The minimum atomic E-state index is -3.63. The van der Waals surface area contributed by atoms with E-state index in [0.29, 0.717) is 60.1 Å². The normalized spacial score (nSPS) is 19.8. The van der Waals surface area contributed by atoms with Gasteiger partial charge in [0.25, 0.3) is 10.1 Å². The van der Waals surface area contributed by atoms with Crippen LogP contribution in [-0.4, -0.2) is 75.2 Å². The third kappa shape index (κ3) is 6.69. The Balaban J connectivity index is 2.05. The van der Waals surface area contributed by atoms with Gasteiger partial charge in [0.15, 0.2) is 28.8 Å². The Kier molecular flexibility index (Phi) is 9.86. The fraction of sp³-hybridized carbons (Fsp3) is 0.519. The first-order valence-corrected chi connectivity index (χ1v) is 14.1. The van der Waals surface area contributed by atoms with Crippen LogP contribution in [-0.2, 0) is 19.7 Å². The molecule has 0 aromatic heterocycles. The van der Waals surface area contributed by atoms with Gasteiger partial charge in [0.05, 0.1) is 54.5 Å². The van der Waals surface area contributed by atoms with Crippen molar-refractivity contribution in [1.82, 2.24) is 5.32 Å². The van der Waals surface area contributed by atoms with Gasteiger partial charge in [-0.25, -0.2) is 0 Å². The molecule has 1 saturated heterocycles. The Morgan fingerprint density at radius 3 is 2.11 bits per heavy atom. The molecular formula is C27H37NO9S. The van der Waals surface area contributed by atoms with Crippen LogP contribution in [0.1, 0.15) is 41.6 Å². The molecule has 0 amide bonds. The maximum atomic E-state index is 13.9. The van der Waals surface area contributed by atoms with Crippen LogP contribution in [0.5, 0.6) is 28.7 Å². The largest absolute Gasteiger partial charge is 0.493 e. The summed E-state index contributed by atoms with van der Waals surface area (Å²) < 4.78 is 55.9. The van der Waals surface area contributed by atoms with E-state index in [1.807, 2.05) is 18.2 Å². The lowest BCUT2D eigenvalue weighted by molar-refractivity contribution is 0.0922. The predicted molar refractivity (Wildman–Crippen MR) is 143 cm³/mol. The van der Waals surface area contributed by atoms with Crippen LogP contribution in [0.25, 0.3) is 0 Å². The Morgan fingerprint density at radius 1 is 0.921 bits per heavy atom. The number of rotatable bonds is 12. The molecule has 1 fully saturated rings. The van der Waals surface area contributed by atoms with Crippen LogP contribution in [0.2, 0.25) is 0 Å². The first-order chi connectivity index (χ1) is 18.1. The van der Waals surface area contributed by atoms with E-state index in [2.05, 4.69) is 5.32 Å². The maximum Gasteiger partial charge on any atom is 0.264 e. The molecular weight excluding hydrogens is 514 g/mol. The molecule has 210 valence electrons. The summed E-state index contributed by atoms with van der Waals surface area (Å²) in [4.78, 5) is 13.9.